The minimum absolute atomic E-state index is 0.452. The highest BCUT2D eigenvalue weighted by atomic mass is 16.2. The van der Waals surface area contributed by atoms with Gasteiger partial charge < -0.3 is 10.2 Å². The van der Waals surface area contributed by atoms with Gasteiger partial charge in [-0.25, -0.2) is 0 Å². The molecule has 114 valence electrons. The van der Waals surface area contributed by atoms with Crippen LogP contribution in [0.25, 0.3) is 0 Å². The molecule has 0 aromatic rings. The van der Waals surface area contributed by atoms with Crippen molar-refractivity contribution in [2.45, 2.75) is 82.7 Å². The first-order chi connectivity index (χ1) is 9.83. The third-order valence-electron chi connectivity index (χ3n) is 5.33. The minimum Gasteiger partial charge on any atom is -0.338 e. The molecule has 2 saturated carbocycles. The molecule has 2 aliphatic carbocycles. The Morgan fingerprint density at radius 1 is 0.950 bits per heavy atom. The molecule has 20 heavy (non-hydrogen) atoms. The highest BCUT2D eigenvalue weighted by Gasteiger charge is 2.35. The fourth-order valence-electron chi connectivity index (χ4n) is 3.92. The summed E-state index contributed by atoms with van der Waals surface area (Å²) < 4.78 is 0. The first-order valence-electron chi connectivity index (χ1n) is 8.86. The topological polar surface area (TPSA) is 32.3 Å². The number of nitrogens with one attached hydrogen (secondary N) is 1. The van der Waals surface area contributed by atoms with Crippen molar-refractivity contribution < 1.29 is 4.79 Å². The smallest absolute Gasteiger partial charge is 0.223 e. The normalized spacial score (nSPS) is 28.3. The summed E-state index contributed by atoms with van der Waals surface area (Å²) in [5.41, 5.74) is 0. The fraction of sp³-hybridized carbons (Fsp3) is 0.941. The number of carbonyl (C=O) groups excluding carboxylic acids is 1. The molecule has 3 rings (SSSR count). The van der Waals surface area contributed by atoms with Gasteiger partial charge in [0.15, 0.2) is 0 Å². The molecule has 0 aromatic heterocycles. The molecule has 3 nitrogen and oxygen atoms in total. The van der Waals surface area contributed by atoms with Gasteiger partial charge >= 0.3 is 0 Å². The summed E-state index contributed by atoms with van der Waals surface area (Å²) in [5, 5.41) is 3.54. The van der Waals surface area contributed by atoms with Crippen LogP contribution in [0.3, 0.4) is 0 Å². The third kappa shape index (κ3) is 3.97. The maximum atomic E-state index is 12.7. The number of carbonyl (C=O) groups is 1. The van der Waals surface area contributed by atoms with Gasteiger partial charge in [0.25, 0.3) is 0 Å². The molecule has 0 aromatic carbocycles. The molecule has 3 heteroatoms. The van der Waals surface area contributed by atoms with E-state index in [4.69, 9.17) is 0 Å². The highest BCUT2D eigenvalue weighted by Crippen LogP contribution is 2.31. The van der Waals surface area contributed by atoms with Crippen LogP contribution in [-0.4, -0.2) is 36.0 Å². The fourth-order valence-corrected chi connectivity index (χ4v) is 3.92. The Balaban J connectivity index is 1.51. The zero-order valence-corrected chi connectivity index (χ0v) is 12.8. The van der Waals surface area contributed by atoms with Crippen LogP contribution in [0.5, 0.6) is 0 Å². The Kier molecular flexibility index (Phi) is 4.98. The molecule has 1 amide bonds. The quantitative estimate of drug-likeness (QED) is 0.784. The molecular formula is C17H30N2O. The van der Waals surface area contributed by atoms with Gasteiger partial charge in [-0.15, -0.1) is 0 Å². The van der Waals surface area contributed by atoms with Crippen LogP contribution >= 0.6 is 0 Å². The first kappa shape index (κ1) is 14.4. The van der Waals surface area contributed by atoms with Gasteiger partial charge in [-0.05, 0) is 51.0 Å². The van der Waals surface area contributed by atoms with E-state index in [1.54, 1.807) is 0 Å². The second kappa shape index (κ2) is 6.93. The van der Waals surface area contributed by atoms with Gasteiger partial charge in [0.2, 0.25) is 5.91 Å². The van der Waals surface area contributed by atoms with Crippen LogP contribution in [0, 0.1) is 5.92 Å². The van der Waals surface area contributed by atoms with Crippen LogP contribution in [0.1, 0.15) is 70.6 Å². The van der Waals surface area contributed by atoms with Gasteiger partial charge in [-0.1, -0.05) is 25.7 Å². The van der Waals surface area contributed by atoms with Crippen LogP contribution in [0.15, 0.2) is 0 Å². The van der Waals surface area contributed by atoms with Crippen molar-refractivity contribution in [1.29, 1.82) is 0 Å². The molecule has 0 spiro atoms. The lowest BCUT2D eigenvalue weighted by Gasteiger charge is -2.27. The number of nitrogens with zero attached hydrogens (tertiary/aromatic N) is 1. The van der Waals surface area contributed by atoms with Crippen LogP contribution < -0.4 is 5.32 Å². The predicted molar refractivity (Wildman–Crippen MR) is 81.6 cm³/mol. The third-order valence-corrected chi connectivity index (χ3v) is 5.33. The number of amides is 1. The van der Waals surface area contributed by atoms with E-state index >= 15 is 0 Å². The molecule has 1 heterocycles. The molecule has 0 radical (unpaired) electrons. The first-order valence-corrected chi connectivity index (χ1v) is 8.86. The lowest BCUT2D eigenvalue weighted by molar-refractivity contribution is -0.133. The maximum Gasteiger partial charge on any atom is 0.223 e. The monoisotopic (exact) mass is 278 g/mol. The Morgan fingerprint density at radius 3 is 2.30 bits per heavy atom. The number of hydrogen-bond acceptors (Lipinski definition) is 2. The maximum absolute atomic E-state index is 12.7. The van der Waals surface area contributed by atoms with Gasteiger partial charge in [-0.3, -0.25) is 4.79 Å². The average Bonchev–Trinajstić information content (AvgIpc) is 3.21. The van der Waals surface area contributed by atoms with E-state index in [2.05, 4.69) is 10.2 Å². The molecule has 1 N–H and O–H groups in total. The van der Waals surface area contributed by atoms with E-state index in [0.29, 0.717) is 23.9 Å². The van der Waals surface area contributed by atoms with Crippen molar-refractivity contribution >= 4 is 5.91 Å². The summed E-state index contributed by atoms with van der Waals surface area (Å²) >= 11 is 0. The van der Waals surface area contributed by atoms with Crippen LogP contribution in [0.2, 0.25) is 0 Å². The lowest BCUT2D eigenvalue weighted by atomic mass is 9.96. The van der Waals surface area contributed by atoms with Crippen molar-refractivity contribution in [3.8, 4) is 0 Å². The van der Waals surface area contributed by atoms with Gasteiger partial charge in [0.05, 0.1) is 0 Å². The summed E-state index contributed by atoms with van der Waals surface area (Å²) in [4.78, 5) is 14.9. The molecule has 3 aliphatic rings. The summed E-state index contributed by atoms with van der Waals surface area (Å²) in [6, 6.07) is 1.14. The average molecular weight is 278 g/mol. The number of hydrogen-bond donors (Lipinski definition) is 1. The largest absolute Gasteiger partial charge is 0.338 e. The summed E-state index contributed by atoms with van der Waals surface area (Å²) in [7, 11) is 0. The molecule has 1 saturated heterocycles. The summed E-state index contributed by atoms with van der Waals surface area (Å²) in [6.07, 6.45) is 13.8. The van der Waals surface area contributed by atoms with Gasteiger partial charge in [-0.2, -0.15) is 0 Å². The van der Waals surface area contributed by atoms with E-state index in [0.717, 1.165) is 19.5 Å². The van der Waals surface area contributed by atoms with Crippen molar-refractivity contribution in [1.82, 2.24) is 10.2 Å². The Hall–Kier alpha value is -0.570. The lowest BCUT2D eigenvalue weighted by Crippen LogP contribution is -2.43. The van der Waals surface area contributed by atoms with Crippen molar-refractivity contribution in [3.05, 3.63) is 0 Å². The van der Waals surface area contributed by atoms with E-state index in [-0.39, 0.29) is 0 Å². The Labute approximate surface area is 123 Å². The van der Waals surface area contributed by atoms with Crippen LogP contribution in [-0.2, 0) is 4.79 Å². The molecule has 3 fully saturated rings. The summed E-state index contributed by atoms with van der Waals surface area (Å²) in [5.74, 6) is 1.12. The van der Waals surface area contributed by atoms with Crippen molar-refractivity contribution in [3.63, 3.8) is 0 Å². The van der Waals surface area contributed by atoms with Gasteiger partial charge in [0.1, 0.15) is 0 Å². The van der Waals surface area contributed by atoms with E-state index < -0.39 is 0 Å². The van der Waals surface area contributed by atoms with E-state index in [9.17, 15) is 4.79 Å². The van der Waals surface area contributed by atoms with E-state index in [1.807, 2.05) is 0 Å². The number of rotatable bonds is 5. The minimum atomic E-state index is 0.452. The van der Waals surface area contributed by atoms with Crippen molar-refractivity contribution in [2.24, 2.45) is 5.92 Å². The standard InChI is InChI=1S/C17H30N2O/c20-17(12-14-6-3-1-2-4-7-14)19(16-9-10-16)13-15-8-5-11-18-15/h14-16,18H,1-13H2. The van der Waals surface area contributed by atoms with Crippen LogP contribution in [0.4, 0.5) is 0 Å². The summed E-state index contributed by atoms with van der Waals surface area (Å²) in [6.45, 7) is 2.11. The zero-order chi connectivity index (χ0) is 13.8. The second-order valence-electron chi connectivity index (χ2n) is 7.13. The highest BCUT2D eigenvalue weighted by molar-refractivity contribution is 5.77. The molecule has 0 bridgehead atoms. The van der Waals surface area contributed by atoms with Crippen molar-refractivity contribution in [2.75, 3.05) is 13.1 Å². The second-order valence-corrected chi connectivity index (χ2v) is 7.13. The molecule has 1 aliphatic heterocycles. The van der Waals surface area contributed by atoms with E-state index in [1.165, 1.54) is 64.2 Å². The molecular weight excluding hydrogens is 248 g/mol. The molecule has 1 unspecified atom stereocenters. The zero-order valence-electron chi connectivity index (χ0n) is 12.8. The molecule has 1 atom stereocenters. The Morgan fingerprint density at radius 2 is 1.70 bits per heavy atom. The Bertz CT molecular complexity index is 313. The SMILES string of the molecule is O=C(CC1CCCCCC1)N(CC1CCCN1)C1CC1. The van der Waals surface area contributed by atoms with Gasteiger partial charge in [0, 0.05) is 25.0 Å². The predicted octanol–water partition coefficient (Wildman–Crippen LogP) is 3.09.